The first-order chi connectivity index (χ1) is 11.1. The van der Waals surface area contributed by atoms with Crippen molar-refractivity contribution in [3.05, 3.63) is 0 Å². The van der Waals surface area contributed by atoms with Gasteiger partial charge in [-0.05, 0) is 37.2 Å². The number of hydrogen-bond acceptors (Lipinski definition) is 4. The molecule has 134 valence electrons. The van der Waals surface area contributed by atoms with E-state index >= 15 is 0 Å². The summed E-state index contributed by atoms with van der Waals surface area (Å²) in [5.41, 5.74) is 0. The van der Waals surface area contributed by atoms with Crippen molar-refractivity contribution in [2.24, 2.45) is 0 Å². The summed E-state index contributed by atoms with van der Waals surface area (Å²) in [4.78, 5) is 22.5. The van der Waals surface area contributed by atoms with Crippen LogP contribution in [0.4, 0.5) is 0 Å². The summed E-state index contributed by atoms with van der Waals surface area (Å²) in [5.74, 6) is 1.91. The van der Waals surface area contributed by atoms with Crippen LogP contribution in [-0.4, -0.2) is 38.9 Å². The van der Waals surface area contributed by atoms with Gasteiger partial charge in [-0.15, -0.1) is 11.8 Å². The molecule has 23 heavy (non-hydrogen) atoms. The molecule has 1 aliphatic carbocycles. The van der Waals surface area contributed by atoms with Crippen molar-refractivity contribution in [3.8, 4) is 0 Å². The molecule has 0 saturated heterocycles. The van der Waals surface area contributed by atoms with Crippen LogP contribution in [0.5, 0.6) is 0 Å². The van der Waals surface area contributed by atoms with Gasteiger partial charge in [0.1, 0.15) is 5.78 Å². The Labute approximate surface area is 149 Å². The highest BCUT2D eigenvalue weighted by atomic mass is 32.2. The number of carboxylic acids is 1. The molecule has 0 aromatic heterocycles. The monoisotopic (exact) mass is 360 g/mol. The maximum atomic E-state index is 12.1. The molecule has 0 aromatic rings. The number of aliphatic carboxylic acids is 1. The Morgan fingerprint density at radius 3 is 2.39 bits per heavy atom. The van der Waals surface area contributed by atoms with E-state index in [2.05, 4.69) is 6.92 Å². The van der Waals surface area contributed by atoms with Gasteiger partial charge in [0, 0.05) is 18.1 Å². The molecule has 0 aliphatic heterocycles. The Kier molecular flexibility index (Phi) is 12.0. The van der Waals surface area contributed by atoms with Crippen molar-refractivity contribution >= 4 is 35.3 Å². The fourth-order valence-electron chi connectivity index (χ4n) is 2.86. The molecule has 2 atom stereocenters. The van der Waals surface area contributed by atoms with Gasteiger partial charge in [0.25, 0.3) is 0 Å². The van der Waals surface area contributed by atoms with Crippen LogP contribution >= 0.6 is 23.5 Å². The maximum absolute atomic E-state index is 12.1. The van der Waals surface area contributed by atoms with Gasteiger partial charge in [0.05, 0.1) is 5.25 Å². The van der Waals surface area contributed by atoms with Gasteiger partial charge in [-0.2, -0.15) is 11.8 Å². The molecule has 1 rings (SSSR count). The van der Waals surface area contributed by atoms with Crippen molar-refractivity contribution in [3.63, 3.8) is 0 Å². The Morgan fingerprint density at radius 2 is 1.70 bits per heavy atom. The fraction of sp³-hybridized carbons (Fsp3) is 0.889. The van der Waals surface area contributed by atoms with Crippen LogP contribution in [-0.2, 0) is 9.59 Å². The molecule has 0 bridgehead atoms. The van der Waals surface area contributed by atoms with Crippen molar-refractivity contribution in [2.45, 2.75) is 88.1 Å². The van der Waals surface area contributed by atoms with Gasteiger partial charge < -0.3 is 5.11 Å². The van der Waals surface area contributed by atoms with Crippen LogP contribution in [0, 0.1) is 0 Å². The van der Waals surface area contributed by atoms with E-state index in [-0.39, 0.29) is 11.7 Å². The maximum Gasteiger partial charge on any atom is 0.303 e. The number of thioether (sulfide) groups is 2. The number of hydrogen-bond donors (Lipinski definition) is 1. The average molecular weight is 361 g/mol. The molecular formula is C18H32O3S2. The summed E-state index contributed by atoms with van der Waals surface area (Å²) in [6.07, 6.45) is 11.4. The Morgan fingerprint density at radius 1 is 1.04 bits per heavy atom. The summed E-state index contributed by atoms with van der Waals surface area (Å²) >= 11 is 3.82. The first-order valence-electron chi connectivity index (χ1n) is 9.13. The lowest BCUT2D eigenvalue weighted by molar-refractivity contribution is -0.137. The van der Waals surface area contributed by atoms with Gasteiger partial charge in [0.15, 0.2) is 0 Å². The van der Waals surface area contributed by atoms with E-state index in [0.717, 1.165) is 37.9 Å². The van der Waals surface area contributed by atoms with Gasteiger partial charge in [-0.3, -0.25) is 9.59 Å². The van der Waals surface area contributed by atoms with Crippen molar-refractivity contribution in [2.75, 3.05) is 11.5 Å². The molecule has 5 heteroatoms. The van der Waals surface area contributed by atoms with E-state index in [1.165, 1.54) is 37.9 Å². The first-order valence-corrected chi connectivity index (χ1v) is 11.2. The molecular weight excluding hydrogens is 328 g/mol. The number of carbonyl (C=O) groups is 2. The lowest BCUT2D eigenvalue weighted by Gasteiger charge is -2.17. The molecule has 0 unspecified atom stereocenters. The lowest BCUT2D eigenvalue weighted by Crippen LogP contribution is -2.20. The number of carboxylic acid groups (broad SMARTS) is 1. The number of ketones is 1. The number of unbranched alkanes of at least 4 members (excludes halogenated alkanes) is 6. The standard InChI is InChI=1S/C18H32O3S2/c1-2-3-4-5-8-13-22-16-12-11-15(19)18(16)23-14-9-6-7-10-17(20)21/h16,18H,2-14H2,1H3,(H,20,21)/t16-,18-/m0/s1. The van der Waals surface area contributed by atoms with Crippen molar-refractivity contribution < 1.29 is 14.7 Å². The minimum Gasteiger partial charge on any atom is -0.481 e. The molecule has 0 heterocycles. The highest BCUT2D eigenvalue weighted by Crippen LogP contribution is 2.36. The summed E-state index contributed by atoms with van der Waals surface area (Å²) < 4.78 is 0. The zero-order valence-electron chi connectivity index (χ0n) is 14.4. The summed E-state index contributed by atoms with van der Waals surface area (Å²) in [6, 6.07) is 0. The molecule has 0 aromatic carbocycles. The van der Waals surface area contributed by atoms with Crippen LogP contribution in [0.1, 0.15) is 77.6 Å². The van der Waals surface area contributed by atoms with Crippen LogP contribution in [0.2, 0.25) is 0 Å². The predicted molar refractivity (Wildman–Crippen MR) is 102 cm³/mol. The molecule has 0 amide bonds. The van der Waals surface area contributed by atoms with E-state index in [4.69, 9.17) is 5.11 Å². The normalized spacial score (nSPS) is 21.0. The number of rotatable bonds is 14. The first kappa shape index (κ1) is 20.9. The molecule has 1 N–H and O–H groups in total. The molecule has 1 aliphatic rings. The highest BCUT2D eigenvalue weighted by Gasteiger charge is 2.34. The summed E-state index contributed by atoms with van der Waals surface area (Å²) in [5, 5.41) is 9.31. The van der Waals surface area contributed by atoms with E-state index in [1.807, 2.05) is 23.5 Å². The lowest BCUT2D eigenvalue weighted by atomic mass is 10.2. The van der Waals surface area contributed by atoms with Gasteiger partial charge in [-0.25, -0.2) is 0 Å². The second-order valence-electron chi connectivity index (χ2n) is 6.32. The summed E-state index contributed by atoms with van der Waals surface area (Å²) in [6.45, 7) is 2.24. The Balaban J connectivity index is 2.11. The second kappa shape index (κ2) is 13.2. The highest BCUT2D eigenvalue weighted by molar-refractivity contribution is 8.04. The topological polar surface area (TPSA) is 54.4 Å². The van der Waals surface area contributed by atoms with Crippen molar-refractivity contribution in [1.29, 1.82) is 0 Å². The third-order valence-corrected chi connectivity index (χ3v) is 7.35. The Bertz CT molecular complexity index is 347. The van der Waals surface area contributed by atoms with Crippen LogP contribution in [0.15, 0.2) is 0 Å². The molecule has 1 fully saturated rings. The minimum absolute atomic E-state index is 0.190. The third-order valence-electron chi connectivity index (χ3n) is 4.24. The van der Waals surface area contributed by atoms with Crippen LogP contribution in [0.3, 0.4) is 0 Å². The van der Waals surface area contributed by atoms with E-state index < -0.39 is 5.97 Å². The quantitative estimate of drug-likeness (QED) is 0.433. The largest absolute Gasteiger partial charge is 0.481 e. The third kappa shape index (κ3) is 9.65. The summed E-state index contributed by atoms with van der Waals surface area (Å²) in [7, 11) is 0. The molecule has 1 saturated carbocycles. The SMILES string of the molecule is CCCCCCCS[C@H]1CCC(=O)[C@@H]1SCCCCCC(=O)O. The zero-order valence-corrected chi connectivity index (χ0v) is 16.1. The second-order valence-corrected chi connectivity index (χ2v) is 8.92. The van der Waals surface area contributed by atoms with Crippen LogP contribution in [0.25, 0.3) is 0 Å². The number of carbonyl (C=O) groups excluding carboxylic acids is 1. The molecule has 0 radical (unpaired) electrons. The predicted octanol–water partition coefficient (Wildman–Crippen LogP) is 5.17. The smallest absolute Gasteiger partial charge is 0.303 e. The Hall–Kier alpha value is -0.160. The van der Waals surface area contributed by atoms with Crippen LogP contribution < -0.4 is 0 Å². The van der Waals surface area contributed by atoms with E-state index in [9.17, 15) is 9.59 Å². The number of Topliss-reactive ketones (excluding diaryl/α,β-unsaturated/α-hetero) is 1. The molecule has 3 nitrogen and oxygen atoms in total. The average Bonchev–Trinajstić information content (AvgIpc) is 2.86. The van der Waals surface area contributed by atoms with E-state index in [1.54, 1.807) is 0 Å². The van der Waals surface area contributed by atoms with Crippen molar-refractivity contribution in [1.82, 2.24) is 0 Å². The van der Waals surface area contributed by atoms with Gasteiger partial charge in [0.2, 0.25) is 0 Å². The van der Waals surface area contributed by atoms with E-state index in [0.29, 0.717) is 11.0 Å². The van der Waals surface area contributed by atoms with Gasteiger partial charge >= 0.3 is 5.97 Å². The zero-order chi connectivity index (χ0) is 16.9. The van der Waals surface area contributed by atoms with Gasteiger partial charge in [-0.1, -0.05) is 39.0 Å². The fourth-order valence-corrected chi connectivity index (χ4v) is 5.90. The molecule has 0 spiro atoms. The minimum atomic E-state index is -0.709.